The average molecular weight is 546 g/mol. The van der Waals surface area contributed by atoms with E-state index < -0.39 is 110 Å². The Morgan fingerprint density at radius 3 is 1.30 bits per heavy atom. The molecule has 0 bridgehead atoms. The van der Waals surface area contributed by atoms with Crippen LogP contribution in [0, 0.1) is 0 Å². The molecule has 0 saturated carbocycles. The van der Waals surface area contributed by atoms with Crippen molar-refractivity contribution in [1.82, 2.24) is 0 Å². The van der Waals surface area contributed by atoms with Crippen molar-refractivity contribution in [1.29, 1.82) is 0 Å². The number of carboxylic acids is 3. The van der Waals surface area contributed by atoms with E-state index in [1.54, 1.807) is 0 Å². The molecule has 3 heterocycles. The highest BCUT2D eigenvalue weighted by molar-refractivity contribution is 5.74. The summed E-state index contributed by atoms with van der Waals surface area (Å²) >= 11 is 0. The molecule has 0 spiro atoms. The van der Waals surface area contributed by atoms with Crippen molar-refractivity contribution in [2.45, 2.75) is 92.1 Å². The molecule has 0 aliphatic carbocycles. The molecule has 3 saturated heterocycles. The van der Waals surface area contributed by atoms with Gasteiger partial charge in [0.05, 0.1) is 0 Å². The van der Waals surface area contributed by atoms with Gasteiger partial charge in [-0.1, -0.05) is 0 Å². The maximum absolute atomic E-state index is 11.8. The number of aliphatic hydroxyl groups excluding tert-OH is 8. The van der Waals surface area contributed by atoms with Crippen LogP contribution >= 0.6 is 0 Å². The van der Waals surface area contributed by atoms with Crippen LogP contribution in [0.2, 0.25) is 0 Å². The van der Waals surface area contributed by atoms with E-state index in [9.17, 15) is 65.4 Å². The number of aliphatic hydroxyl groups is 8. The number of aliphatic carboxylic acids is 3. The highest BCUT2D eigenvalue weighted by Crippen LogP contribution is 2.32. The monoisotopic (exact) mass is 546 g/mol. The molecule has 37 heavy (non-hydrogen) atoms. The zero-order chi connectivity index (χ0) is 27.9. The highest BCUT2D eigenvalue weighted by Gasteiger charge is 2.56. The fraction of sp³-hybridized carbons (Fsp3) is 0.833. The lowest BCUT2D eigenvalue weighted by Crippen LogP contribution is -2.67. The third kappa shape index (κ3) is 5.68. The summed E-state index contributed by atoms with van der Waals surface area (Å²) in [5.41, 5.74) is 0. The first-order valence-corrected chi connectivity index (χ1v) is 10.6. The summed E-state index contributed by atoms with van der Waals surface area (Å²) in [6.07, 6.45) is -32.5. The molecule has 0 unspecified atom stereocenters. The first kappa shape index (κ1) is 29.4. The summed E-state index contributed by atoms with van der Waals surface area (Å²) in [5, 5.41) is 108. The summed E-state index contributed by atoms with van der Waals surface area (Å²) < 4.78 is 24.8. The summed E-state index contributed by atoms with van der Waals surface area (Å²) in [6, 6.07) is 0. The fourth-order valence-electron chi connectivity index (χ4n) is 3.98. The average Bonchev–Trinajstić information content (AvgIpc) is 2.82. The van der Waals surface area contributed by atoms with Gasteiger partial charge in [0.2, 0.25) is 0 Å². The molecule has 0 radical (unpaired) electrons. The van der Waals surface area contributed by atoms with Crippen molar-refractivity contribution in [3.05, 3.63) is 0 Å². The van der Waals surface area contributed by atoms with Gasteiger partial charge in [-0.3, -0.25) is 0 Å². The number of ether oxygens (including phenoxy) is 5. The number of hydrogen-bond acceptors (Lipinski definition) is 16. The smallest absolute Gasteiger partial charge is 0.335 e. The van der Waals surface area contributed by atoms with Gasteiger partial charge in [0.25, 0.3) is 0 Å². The molecule has 3 aliphatic rings. The fourth-order valence-corrected chi connectivity index (χ4v) is 3.98. The van der Waals surface area contributed by atoms with Gasteiger partial charge >= 0.3 is 17.9 Å². The second-order valence-electron chi connectivity index (χ2n) is 8.45. The minimum Gasteiger partial charge on any atom is -0.479 e. The van der Waals surface area contributed by atoms with Gasteiger partial charge in [-0.15, -0.1) is 0 Å². The molecule has 0 amide bonds. The Morgan fingerprint density at radius 2 is 0.838 bits per heavy atom. The maximum Gasteiger partial charge on any atom is 0.335 e. The van der Waals surface area contributed by atoms with E-state index in [-0.39, 0.29) is 0 Å². The number of rotatable bonds is 7. The van der Waals surface area contributed by atoms with Crippen molar-refractivity contribution in [2.75, 3.05) is 0 Å². The Balaban J connectivity index is 1.81. The molecular formula is C18H26O19. The Hall–Kier alpha value is -2.11. The zero-order valence-electron chi connectivity index (χ0n) is 18.3. The minimum absolute atomic E-state index is 1.79. The van der Waals surface area contributed by atoms with Crippen LogP contribution in [0.5, 0.6) is 0 Å². The Labute approximate surface area is 205 Å². The van der Waals surface area contributed by atoms with Crippen LogP contribution in [0.1, 0.15) is 0 Å². The van der Waals surface area contributed by atoms with Crippen LogP contribution in [0.4, 0.5) is 0 Å². The number of carbonyl (C=O) groups is 3. The van der Waals surface area contributed by atoms with E-state index in [1.165, 1.54) is 0 Å². The second-order valence-corrected chi connectivity index (χ2v) is 8.45. The predicted molar refractivity (Wildman–Crippen MR) is 103 cm³/mol. The molecule has 19 nitrogen and oxygen atoms in total. The van der Waals surface area contributed by atoms with E-state index in [2.05, 4.69) is 4.74 Å². The zero-order valence-corrected chi connectivity index (χ0v) is 18.3. The Kier molecular flexibility index (Phi) is 9.01. The molecule has 0 aromatic rings. The van der Waals surface area contributed by atoms with E-state index in [1.807, 2.05) is 0 Å². The molecule has 0 aromatic heterocycles. The van der Waals surface area contributed by atoms with E-state index in [0.29, 0.717) is 0 Å². The lowest BCUT2D eigenvalue weighted by molar-refractivity contribution is -0.368. The predicted octanol–water partition coefficient (Wildman–Crippen LogP) is -7.30. The Morgan fingerprint density at radius 1 is 0.459 bits per heavy atom. The van der Waals surface area contributed by atoms with Crippen LogP contribution in [-0.2, 0) is 38.1 Å². The standard InChI is InChI=1S/C18H26O19/c19-1-2(20)10(13(26)27)36-17(6(1)24)35-9-4(22)7(25)18(37-12(9)15(30)31)34-8-3(21)5(23)16(32)33-11(8)14(28)29/h1-12,16-25,32H,(H,26,27)(H,28,29)(H,30,31)/t1-,2-,3+,4+,5-,6-,7-,8-,9-,10-,11+,12+,16+,17+,18+/m0/s1. The third-order valence-corrected chi connectivity index (χ3v) is 5.99. The van der Waals surface area contributed by atoms with Gasteiger partial charge in [0.15, 0.2) is 37.2 Å². The molecule has 0 aromatic carbocycles. The third-order valence-electron chi connectivity index (χ3n) is 5.99. The molecule has 15 atom stereocenters. The molecule has 3 rings (SSSR count). The summed E-state index contributed by atoms with van der Waals surface area (Å²) in [5.74, 6) is -5.46. The van der Waals surface area contributed by atoms with Crippen molar-refractivity contribution < 1.29 is 94.2 Å². The van der Waals surface area contributed by atoms with Crippen LogP contribution in [0.3, 0.4) is 0 Å². The summed E-state index contributed by atoms with van der Waals surface area (Å²) in [6.45, 7) is 0. The summed E-state index contributed by atoms with van der Waals surface area (Å²) in [7, 11) is 0. The van der Waals surface area contributed by atoms with Crippen molar-refractivity contribution in [3.63, 3.8) is 0 Å². The first-order chi connectivity index (χ1) is 17.2. The van der Waals surface area contributed by atoms with Gasteiger partial charge in [-0.05, 0) is 0 Å². The molecule has 212 valence electrons. The molecule has 19 heteroatoms. The largest absolute Gasteiger partial charge is 0.479 e. The number of carboxylic acid groups (broad SMARTS) is 3. The quantitative estimate of drug-likeness (QED) is 0.141. The molecular weight excluding hydrogens is 520 g/mol. The van der Waals surface area contributed by atoms with Crippen LogP contribution in [-0.4, -0.2) is 166 Å². The molecule has 3 aliphatic heterocycles. The SMILES string of the molecule is O=C(O)[C@H]1O[C@@H](O[C@H]2[C@H](O)[C@H](O)[C@H](O[C@H]3[C@H](O)[C@H](O)[C@H](O)O[C@H]3C(=O)O)O[C@H]2C(=O)O)[C@@H](O)[C@@H](O)[C@@H]1O. The van der Waals surface area contributed by atoms with Crippen molar-refractivity contribution in [3.8, 4) is 0 Å². The Bertz CT molecular complexity index is 853. The summed E-state index contributed by atoms with van der Waals surface area (Å²) in [4.78, 5) is 34.5. The van der Waals surface area contributed by atoms with Crippen molar-refractivity contribution >= 4 is 17.9 Å². The van der Waals surface area contributed by atoms with Gasteiger partial charge < -0.3 is 79.9 Å². The minimum atomic E-state index is -2.29. The van der Waals surface area contributed by atoms with Gasteiger partial charge in [0, 0.05) is 0 Å². The normalized spacial score (nSPS) is 48.8. The first-order valence-electron chi connectivity index (χ1n) is 10.6. The van der Waals surface area contributed by atoms with Crippen LogP contribution in [0.25, 0.3) is 0 Å². The number of hydrogen-bond donors (Lipinski definition) is 11. The molecule has 11 N–H and O–H groups in total. The van der Waals surface area contributed by atoms with Gasteiger partial charge in [-0.2, -0.15) is 0 Å². The van der Waals surface area contributed by atoms with Gasteiger partial charge in [0.1, 0.15) is 54.9 Å². The van der Waals surface area contributed by atoms with E-state index in [0.717, 1.165) is 0 Å². The topological polar surface area (TPSA) is 320 Å². The maximum atomic E-state index is 11.8. The van der Waals surface area contributed by atoms with Crippen molar-refractivity contribution in [2.24, 2.45) is 0 Å². The highest BCUT2D eigenvalue weighted by atomic mass is 16.8. The molecule has 3 fully saturated rings. The lowest BCUT2D eigenvalue weighted by Gasteiger charge is -2.46. The van der Waals surface area contributed by atoms with Crippen LogP contribution < -0.4 is 0 Å². The van der Waals surface area contributed by atoms with Gasteiger partial charge in [-0.25, -0.2) is 14.4 Å². The van der Waals surface area contributed by atoms with E-state index >= 15 is 0 Å². The van der Waals surface area contributed by atoms with Crippen LogP contribution in [0.15, 0.2) is 0 Å². The second kappa shape index (κ2) is 11.3. The van der Waals surface area contributed by atoms with E-state index in [4.69, 9.17) is 24.1 Å². The lowest BCUT2D eigenvalue weighted by atomic mass is 9.95.